The van der Waals surface area contributed by atoms with Gasteiger partial charge in [0.1, 0.15) is 17.5 Å². The summed E-state index contributed by atoms with van der Waals surface area (Å²) < 4.78 is 21.1. The summed E-state index contributed by atoms with van der Waals surface area (Å²) in [7, 11) is 5.82. The van der Waals surface area contributed by atoms with Gasteiger partial charge in [-0.3, -0.25) is 18.3 Å². The van der Waals surface area contributed by atoms with Gasteiger partial charge < -0.3 is 14.2 Å². The summed E-state index contributed by atoms with van der Waals surface area (Å²) in [5, 5.41) is 0. The number of aromatic nitrogens is 5. The third kappa shape index (κ3) is 2.88. The molecule has 0 N–H and O–H groups in total. The zero-order valence-corrected chi connectivity index (χ0v) is 18.6. The second-order valence-corrected chi connectivity index (χ2v) is 7.31. The summed E-state index contributed by atoms with van der Waals surface area (Å²) in [6.45, 7) is 3.30. The number of imidazole rings is 2. The van der Waals surface area contributed by atoms with Gasteiger partial charge >= 0.3 is 11.7 Å². The molecule has 0 saturated carbocycles. The van der Waals surface area contributed by atoms with E-state index in [-0.39, 0.29) is 11.2 Å². The number of benzene rings is 1. The van der Waals surface area contributed by atoms with Crippen LogP contribution in [0.5, 0.6) is 11.5 Å². The molecule has 11 nitrogen and oxygen atoms in total. The van der Waals surface area contributed by atoms with Crippen molar-refractivity contribution in [2.24, 2.45) is 7.05 Å². The van der Waals surface area contributed by atoms with Crippen LogP contribution in [-0.2, 0) is 16.6 Å². The monoisotopic (exact) mass is 441 g/mol. The zero-order chi connectivity index (χ0) is 23.3. The van der Waals surface area contributed by atoms with Crippen molar-refractivity contribution in [3.8, 4) is 17.2 Å². The van der Waals surface area contributed by atoms with Crippen molar-refractivity contribution in [1.82, 2.24) is 23.1 Å². The number of esters is 1. The van der Waals surface area contributed by atoms with Crippen molar-refractivity contribution in [3.63, 3.8) is 0 Å². The number of fused-ring (bicyclic) bond motifs is 3. The predicted molar refractivity (Wildman–Crippen MR) is 116 cm³/mol. The van der Waals surface area contributed by atoms with Crippen LogP contribution in [0.3, 0.4) is 0 Å². The lowest BCUT2D eigenvalue weighted by molar-refractivity contribution is -0.144. The number of carbonyl (C=O) groups is 1. The summed E-state index contributed by atoms with van der Waals surface area (Å²) in [6, 6.07) is 4.25. The Morgan fingerprint density at radius 2 is 1.84 bits per heavy atom. The summed E-state index contributed by atoms with van der Waals surface area (Å²) >= 11 is 0. The number of nitrogens with zero attached hydrogens (tertiary/aromatic N) is 5. The molecule has 168 valence electrons. The Hall–Kier alpha value is -4.02. The number of ether oxygens (including phenoxy) is 3. The first-order chi connectivity index (χ1) is 15.2. The molecule has 0 fully saturated rings. The Morgan fingerprint density at radius 3 is 2.47 bits per heavy atom. The van der Waals surface area contributed by atoms with Crippen LogP contribution < -0.4 is 20.7 Å². The maximum Gasteiger partial charge on any atom is 0.333 e. The SMILES string of the molecule is COC(=O)[C@H](C)n1c(=O)c2c(nc3n(-c4cc(OC)ccc4OC)c(C)cn23)n(C)c1=O. The van der Waals surface area contributed by atoms with E-state index in [0.29, 0.717) is 23.0 Å². The average Bonchev–Trinajstić information content (AvgIpc) is 3.30. The van der Waals surface area contributed by atoms with E-state index in [9.17, 15) is 14.4 Å². The number of aryl methyl sites for hydroxylation is 2. The molecule has 1 atom stereocenters. The van der Waals surface area contributed by atoms with Gasteiger partial charge in [-0.15, -0.1) is 0 Å². The van der Waals surface area contributed by atoms with Crippen LogP contribution in [0.25, 0.3) is 22.6 Å². The Kier molecular flexibility index (Phi) is 5.03. The molecule has 3 heterocycles. The van der Waals surface area contributed by atoms with E-state index in [4.69, 9.17) is 14.2 Å². The van der Waals surface area contributed by atoms with Gasteiger partial charge in [-0.1, -0.05) is 0 Å². The lowest BCUT2D eigenvalue weighted by Gasteiger charge is -2.13. The highest BCUT2D eigenvalue weighted by atomic mass is 16.5. The first kappa shape index (κ1) is 21.2. The molecule has 0 aliphatic rings. The minimum absolute atomic E-state index is 0.168. The Morgan fingerprint density at radius 1 is 1.12 bits per heavy atom. The first-order valence-electron chi connectivity index (χ1n) is 9.77. The van der Waals surface area contributed by atoms with E-state index in [1.807, 2.05) is 6.92 Å². The molecule has 0 radical (unpaired) electrons. The number of rotatable bonds is 5. The van der Waals surface area contributed by atoms with E-state index in [0.717, 1.165) is 10.3 Å². The second kappa shape index (κ2) is 7.59. The third-order valence-corrected chi connectivity index (χ3v) is 5.53. The number of hydrogen-bond donors (Lipinski definition) is 0. The molecule has 0 amide bonds. The van der Waals surface area contributed by atoms with Gasteiger partial charge in [-0.05, 0) is 26.0 Å². The van der Waals surface area contributed by atoms with Gasteiger partial charge in [-0.25, -0.2) is 14.2 Å². The predicted octanol–water partition coefficient (Wildman–Crippen LogP) is 1.20. The summed E-state index contributed by atoms with van der Waals surface area (Å²) in [4.78, 5) is 42.9. The summed E-state index contributed by atoms with van der Waals surface area (Å²) in [6.07, 6.45) is 1.74. The summed E-state index contributed by atoms with van der Waals surface area (Å²) in [5.74, 6) is 0.897. The number of hydrogen-bond acceptors (Lipinski definition) is 7. The van der Waals surface area contributed by atoms with E-state index in [1.54, 1.807) is 47.6 Å². The molecule has 4 rings (SSSR count). The van der Waals surface area contributed by atoms with Crippen LogP contribution in [0.1, 0.15) is 18.7 Å². The highest BCUT2D eigenvalue weighted by molar-refractivity contribution is 5.78. The molecule has 0 unspecified atom stereocenters. The number of methoxy groups -OCH3 is 3. The van der Waals surface area contributed by atoms with Crippen molar-refractivity contribution in [3.05, 3.63) is 50.9 Å². The number of carbonyl (C=O) groups excluding carboxylic acids is 1. The smallest absolute Gasteiger partial charge is 0.333 e. The van der Waals surface area contributed by atoms with Crippen LogP contribution >= 0.6 is 0 Å². The molecule has 0 spiro atoms. The van der Waals surface area contributed by atoms with Crippen LogP contribution in [0, 0.1) is 6.92 Å². The van der Waals surface area contributed by atoms with Crippen molar-refractivity contribution < 1.29 is 19.0 Å². The Balaban J connectivity index is 2.11. The van der Waals surface area contributed by atoms with E-state index in [1.165, 1.54) is 25.6 Å². The molecule has 0 bridgehead atoms. The van der Waals surface area contributed by atoms with Crippen LogP contribution in [0.4, 0.5) is 0 Å². The maximum atomic E-state index is 13.3. The largest absolute Gasteiger partial charge is 0.497 e. The quantitative estimate of drug-likeness (QED) is 0.428. The molecule has 0 saturated heterocycles. The zero-order valence-electron chi connectivity index (χ0n) is 18.6. The highest BCUT2D eigenvalue weighted by Crippen LogP contribution is 2.31. The Labute approximate surface area is 182 Å². The van der Waals surface area contributed by atoms with Crippen LogP contribution in [0.15, 0.2) is 34.0 Å². The molecular weight excluding hydrogens is 418 g/mol. The van der Waals surface area contributed by atoms with Crippen molar-refractivity contribution in [2.75, 3.05) is 21.3 Å². The van der Waals surface area contributed by atoms with E-state index < -0.39 is 23.3 Å². The molecule has 3 aromatic heterocycles. The molecule has 11 heteroatoms. The lowest BCUT2D eigenvalue weighted by Crippen LogP contribution is -2.43. The molecule has 4 aromatic rings. The summed E-state index contributed by atoms with van der Waals surface area (Å²) in [5.41, 5.74) is 0.483. The fourth-order valence-electron chi connectivity index (χ4n) is 3.86. The lowest BCUT2D eigenvalue weighted by atomic mass is 10.2. The van der Waals surface area contributed by atoms with E-state index >= 15 is 0 Å². The van der Waals surface area contributed by atoms with Crippen molar-refractivity contribution in [1.29, 1.82) is 0 Å². The van der Waals surface area contributed by atoms with Gasteiger partial charge in [0.05, 0.1) is 27.0 Å². The maximum absolute atomic E-state index is 13.3. The van der Waals surface area contributed by atoms with Crippen molar-refractivity contribution >= 4 is 22.9 Å². The van der Waals surface area contributed by atoms with Gasteiger partial charge in [-0.2, -0.15) is 4.98 Å². The highest BCUT2D eigenvalue weighted by Gasteiger charge is 2.26. The third-order valence-electron chi connectivity index (χ3n) is 5.53. The second-order valence-electron chi connectivity index (χ2n) is 7.31. The minimum atomic E-state index is -1.09. The normalized spacial score (nSPS) is 12.3. The van der Waals surface area contributed by atoms with Crippen LogP contribution in [-0.4, -0.2) is 50.4 Å². The molecule has 32 heavy (non-hydrogen) atoms. The van der Waals surface area contributed by atoms with Gasteiger partial charge in [0.15, 0.2) is 11.2 Å². The molecule has 0 aliphatic carbocycles. The topological polar surface area (TPSA) is 111 Å². The molecule has 0 aliphatic heterocycles. The Bertz CT molecular complexity index is 1490. The van der Waals surface area contributed by atoms with Gasteiger partial charge in [0, 0.05) is 25.0 Å². The van der Waals surface area contributed by atoms with E-state index in [2.05, 4.69) is 4.98 Å². The van der Waals surface area contributed by atoms with Crippen molar-refractivity contribution in [2.45, 2.75) is 19.9 Å². The molecular formula is C21H23N5O6. The van der Waals surface area contributed by atoms with Gasteiger partial charge in [0.25, 0.3) is 5.56 Å². The first-order valence-corrected chi connectivity index (χ1v) is 9.77. The standard InChI is InChI=1S/C21H23N5O6/c1-11-10-24-16-17(23(3)21(29)26(18(16)27)12(2)19(28)32-6)22-20(24)25(11)14-9-13(30-4)7-8-15(14)31-5/h7-10,12H,1-6H3/t12-/m0/s1. The average molecular weight is 441 g/mol. The van der Waals surface area contributed by atoms with Crippen LogP contribution in [0.2, 0.25) is 0 Å². The fourth-order valence-corrected chi connectivity index (χ4v) is 3.86. The minimum Gasteiger partial charge on any atom is -0.497 e. The fraction of sp³-hybridized carbons (Fsp3) is 0.333. The molecule has 1 aromatic carbocycles. The van der Waals surface area contributed by atoms with Gasteiger partial charge in [0.2, 0.25) is 5.78 Å².